The Labute approximate surface area is 218 Å². The number of benzene rings is 2. The van der Waals surface area contributed by atoms with Gasteiger partial charge in [-0.15, -0.1) is 0 Å². The SMILES string of the molecule is CCCN(C(=O)C(CC(N)=O)NC(=O)OC(C)(C)C)C(C(=O)Nc1ccccc1C)c1ccccc1C. The van der Waals surface area contributed by atoms with Crippen molar-refractivity contribution < 1.29 is 23.9 Å². The van der Waals surface area contributed by atoms with Gasteiger partial charge in [0.2, 0.25) is 11.8 Å². The molecule has 2 atom stereocenters. The molecule has 37 heavy (non-hydrogen) atoms. The van der Waals surface area contributed by atoms with E-state index in [4.69, 9.17) is 10.5 Å². The number of ether oxygens (including phenoxy) is 1. The van der Waals surface area contributed by atoms with Crippen LogP contribution in [0.5, 0.6) is 0 Å². The van der Waals surface area contributed by atoms with Gasteiger partial charge in [0.15, 0.2) is 0 Å². The molecular weight excluding hydrogens is 472 g/mol. The first-order valence-corrected chi connectivity index (χ1v) is 12.3. The van der Waals surface area contributed by atoms with Crippen LogP contribution < -0.4 is 16.4 Å². The van der Waals surface area contributed by atoms with Crippen molar-refractivity contribution in [1.29, 1.82) is 0 Å². The molecule has 0 aromatic heterocycles. The average molecular weight is 511 g/mol. The molecule has 2 rings (SSSR count). The van der Waals surface area contributed by atoms with E-state index in [1.807, 2.05) is 51.1 Å². The topological polar surface area (TPSA) is 131 Å². The number of nitrogens with one attached hydrogen (secondary N) is 2. The molecule has 4 amide bonds. The van der Waals surface area contributed by atoms with E-state index in [9.17, 15) is 19.2 Å². The Bertz CT molecular complexity index is 1130. The molecule has 2 aromatic carbocycles. The minimum atomic E-state index is -1.31. The highest BCUT2D eigenvalue weighted by Gasteiger charge is 2.37. The molecule has 0 aliphatic rings. The van der Waals surface area contributed by atoms with Crippen LogP contribution in [0.3, 0.4) is 0 Å². The second kappa shape index (κ2) is 12.9. The van der Waals surface area contributed by atoms with Crippen molar-refractivity contribution in [2.24, 2.45) is 5.73 Å². The van der Waals surface area contributed by atoms with Gasteiger partial charge in [-0.3, -0.25) is 14.4 Å². The van der Waals surface area contributed by atoms with Gasteiger partial charge in [-0.2, -0.15) is 0 Å². The van der Waals surface area contributed by atoms with E-state index in [1.54, 1.807) is 39.0 Å². The van der Waals surface area contributed by atoms with Crippen molar-refractivity contribution >= 4 is 29.5 Å². The highest BCUT2D eigenvalue weighted by atomic mass is 16.6. The van der Waals surface area contributed by atoms with E-state index in [0.717, 1.165) is 11.1 Å². The Morgan fingerprint density at radius 2 is 1.57 bits per heavy atom. The predicted octanol–water partition coefficient (Wildman–Crippen LogP) is 3.99. The van der Waals surface area contributed by atoms with Gasteiger partial charge in [-0.1, -0.05) is 49.4 Å². The monoisotopic (exact) mass is 510 g/mol. The number of carbonyl (C=O) groups excluding carboxylic acids is 4. The predicted molar refractivity (Wildman–Crippen MR) is 143 cm³/mol. The second-order valence-corrected chi connectivity index (χ2v) is 9.96. The normalized spacial score (nSPS) is 12.7. The number of hydrogen-bond acceptors (Lipinski definition) is 5. The average Bonchev–Trinajstić information content (AvgIpc) is 2.79. The summed E-state index contributed by atoms with van der Waals surface area (Å²) in [6.45, 7) is 10.9. The standard InChI is InChI=1S/C28H38N4O5/c1-7-16-32(26(35)22(17-23(29)33)31-27(36)37-28(4,5)6)24(20-14-10-8-12-18(20)2)25(34)30-21-15-11-9-13-19(21)3/h8-15,22,24H,7,16-17H2,1-6H3,(H2,29,33)(H,30,34)(H,31,36). The maximum absolute atomic E-state index is 13.9. The van der Waals surface area contributed by atoms with Gasteiger partial charge < -0.3 is 26.0 Å². The van der Waals surface area contributed by atoms with Crippen LogP contribution in [0.25, 0.3) is 0 Å². The number of aryl methyl sites for hydroxylation is 2. The maximum atomic E-state index is 13.9. The van der Waals surface area contributed by atoms with Gasteiger partial charge in [0, 0.05) is 12.2 Å². The van der Waals surface area contributed by atoms with Crippen molar-refractivity contribution in [1.82, 2.24) is 10.2 Å². The van der Waals surface area contributed by atoms with Gasteiger partial charge >= 0.3 is 6.09 Å². The van der Waals surface area contributed by atoms with Crippen LogP contribution in [-0.4, -0.2) is 46.9 Å². The number of anilines is 1. The van der Waals surface area contributed by atoms with E-state index in [-0.39, 0.29) is 6.54 Å². The van der Waals surface area contributed by atoms with Crippen LogP contribution in [0.1, 0.15) is 63.3 Å². The van der Waals surface area contributed by atoms with Crippen LogP contribution in [0.4, 0.5) is 10.5 Å². The van der Waals surface area contributed by atoms with Crippen molar-refractivity contribution in [3.05, 3.63) is 65.2 Å². The third-order valence-corrected chi connectivity index (χ3v) is 5.59. The molecule has 2 unspecified atom stereocenters. The third-order valence-electron chi connectivity index (χ3n) is 5.59. The molecule has 0 radical (unpaired) electrons. The highest BCUT2D eigenvalue weighted by molar-refractivity contribution is 6.00. The molecule has 0 spiro atoms. The molecule has 9 heteroatoms. The summed E-state index contributed by atoms with van der Waals surface area (Å²) in [5, 5.41) is 5.42. The number of nitrogens with zero attached hydrogens (tertiary/aromatic N) is 1. The lowest BCUT2D eigenvalue weighted by Crippen LogP contribution is -2.53. The summed E-state index contributed by atoms with van der Waals surface area (Å²) < 4.78 is 5.29. The summed E-state index contributed by atoms with van der Waals surface area (Å²) in [6.07, 6.45) is -0.778. The zero-order valence-corrected chi connectivity index (χ0v) is 22.5. The summed E-state index contributed by atoms with van der Waals surface area (Å²) in [4.78, 5) is 53.4. The molecule has 0 aliphatic carbocycles. The molecule has 200 valence electrons. The Balaban J connectivity index is 2.52. The lowest BCUT2D eigenvalue weighted by molar-refractivity contribution is -0.141. The summed E-state index contributed by atoms with van der Waals surface area (Å²) in [5.74, 6) is -1.80. The van der Waals surface area contributed by atoms with Crippen molar-refractivity contribution in [3.63, 3.8) is 0 Å². The molecule has 0 heterocycles. The van der Waals surface area contributed by atoms with Crippen molar-refractivity contribution in [2.45, 2.75) is 72.1 Å². The van der Waals surface area contributed by atoms with E-state index >= 15 is 0 Å². The molecule has 0 fully saturated rings. The number of alkyl carbamates (subject to hydrolysis) is 1. The minimum absolute atomic E-state index is 0.199. The number of nitrogens with two attached hydrogens (primary N) is 1. The van der Waals surface area contributed by atoms with Gasteiger partial charge in [0.1, 0.15) is 17.7 Å². The smallest absolute Gasteiger partial charge is 0.408 e. The highest BCUT2D eigenvalue weighted by Crippen LogP contribution is 2.28. The Kier molecular flexibility index (Phi) is 10.2. The molecule has 0 saturated carbocycles. The first-order valence-electron chi connectivity index (χ1n) is 12.3. The van der Waals surface area contributed by atoms with Crippen LogP contribution >= 0.6 is 0 Å². The second-order valence-electron chi connectivity index (χ2n) is 9.96. The molecule has 0 saturated heterocycles. The lowest BCUT2D eigenvalue weighted by Gasteiger charge is -2.34. The summed E-state index contributed by atoms with van der Waals surface area (Å²) >= 11 is 0. The minimum Gasteiger partial charge on any atom is -0.444 e. The summed E-state index contributed by atoms with van der Waals surface area (Å²) in [6, 6.07) is 12.3. The van der Waals surface area contributed by atoms with Gasteiger partial charge in [-0.05, 0) is 63.8 Å². The Morgan fingerprint density at radius 1 is 0.973 bits per heavy atom. The largest absolute Gasteiger partial charge is 0.444 e. The van der Waals surface area contributed by atoms with E-state index < -0.39 is 47.9 Å². The van der Waals surface area contributed by atoms with Gasteiger partial charge in [0.05, 0.1) is 6.42 Å². The molecule has 0 aliphatic heterocycles. The first kappa shape index (κ1) is 29.4. The quantitative estimate of drug-likeness (QED) is 0.445. The van der Waals surface area contributed by atoms with Crippen molar-refractivity contribution in [2.75, 3.05) is 11.9 Å². The van der Waals surface area contributed by atoms with Gasteiger partial charge in [0.25, 0.3) is 5.91 Å². The van der Waals surface area contributed by atoms with E-state index in [1.165, 1.54) is 4.90 Å². The molecular formula is C28H38N4O5. The van der Waals surface area contributed by atoms with E-state index in [0.29, 0.717) is 17.7 Å². The first-order chi connectivity index (χ1) is 17.3. The molecule has 4 N–H and O–H groups in total. The fourth-order valence-corrected chi connectivity index (χ4v) is 3.92. The summed E-state index contributed by atoms with van der Waals surface area (Å²) in [5.41, 5.74) is 7.53. The fraction of sp³-hybridized carbons (Fsp3) is 0.429. The number of carbonyl (C=O) groups is 4. The maximum Gasteiger partial charge on any atom is 0.408 e. The molecule has 2 aromatic rings. The van der Waals surface area contributed by atoms with Crippen LogP contribution in [0, 0.1) is 13.8 Å². The number of primary amides is 1. The van der Waals surface area contributed by atoms with Gasteiger partial charge in [-0.25, -0.2) is 4.79 Å². The number of hydrogen-bond donors (Lipinski definition) is 3. The Hall–Kier alpha value is -3.88. The van der Waals surface area contributed by atoms with E-state index in [2.05, 4.69) is 10.6 Å². The van der Waals surface area contributed by atoms with Crippen molar-refractivity contribution in [3.8, 4) is 0 Å². The zero-order chi connectivity index (χ0) is 27.8. The Morgan fingerprint density at radius 3 is 2.11 bits per heavy atom. The lowest BCUT2D eigenvalue weighted by atomic mass is 9.97. The number of amides is 4. The van der Waals surface area contributed by atoms with Crippen LogP contribution in [0.2, 0.25) is 0 Å². The molecule has 0 bridgehead atoms. The van der Waals surface area contributed by atoms with Crippen LogP contribution in [-0.2, 0) is 19.1 Å². The zero-order valence-electron chi connectivity index (χ0n) is 22.5. The number of rotatable bonds is 10. The third kappa shape index (κ3) is 8.63. The number of para-hydroxylation sites is 1. The molecule has 9 nitrogen and oxygen atoms in total. The summed E-state index contributed by atoms with van der Waals surface area (Å²) in [7, 11) is 0. The fourth-order valence-electron chi connectivity index (χ4n) is 3.92. The van der Waals surface area contributed by atoms with Crippen LogP contribution in [0.15, 0.2) is 48.5 Å².